The molecule has 0 saturated heterocycles. The molecule has 0 radical (unpaired) electrons. The van der Waals surface area contributed by atoms with Gasteiger partial charge in [0.25, 0.3) is 0 Å². The molecule has 0 unspecified atom stereocenters. The molecule has 30 heavy (non-hydrogen) atoms. The van der Waals surface area contributed by atoms with E-state index in [4.69, 9.17) is 4.74 Å². The summed E-state index contributed by atoms with van der Waals surface area (Å²) in [5.74, 6) is 1.68. The Morgan fingerprint density at radius 3 is 2.30 bits per heavy atom. The maximum atomic E-state index is 12.4. The highest BCUT2D eigenvalue weighted by Gasteiger charge is 2.13. The number of benzene rings is 2. The minimum atomic E-state index is -3.60. The van der Waals surface area contributed by atoms with Gasteiger partial charge in [-0.15, -0.1) is 0 Å². The minimum Gasteiger partial charge on any atom is -0.497 e. The van der Waals surface area contributed by atoms with Crippen molar-refractivity contribution in [3.8, 4) is 5.75 Å². The number of hydrogen-bond donors (Lipinski definition) is 3. The third kappa shape index (κ3) is 5.91. The maximum absolute atomic E-state index is 12.4. The summed E-state index contributed by atoms with van der Waals surface area (Å²) in [6.45, 7) is 4.43. The smallest absolute Gasteiger partial charge is 0.240 e. The molecular weight excluding hydrogens is 402 g/mol. The van der Waals surface area contributed by atoms with Crippen molar-refractivity contribution >= 4 is 27.5 Å². The Morgan fingerprint density at radius 2 is 1.63 bits per heavy atom. The van der Waals surface area contributed by atoms with E-state index in [1.54, 1.807) is 12.1 Å². The molecule has 0 amide bonds. The van der Waals surface area contributed by atoms with Crippen LogP contribution in [0.1, 0.15) is 11.3 Å². The standard InChI is InChI=1S/C21H25N5O3S/c1-15-4-6-17(7-5-15)25-20-14-16(2)24-21(26-20)22-12-13-23-30(27,28)19-10-8-18(29-3)9-11-19/h4-11,14,23H,12-13H2,1-3H3,(H2,22,24,25,26). The normalized spacial score (nSPS) is 11.2. The third-order valence-corrected chi connectivity index (χ3v) is 5.73. The summed E-state index contributed by atoms with van der Waals surface area (Å²) in [5.41, 5.74) is 2.90. The van der Waals surface area contributed by atoms with Gasteiger partial charge in [-0.25, -0.2) is 18.1 Å². The summed E-state index contributed by atoms with van der Waals surface area (Å²) in [6.07, 6.45) is 0. The van der Waals surface area contributed by atoms with E-state index in [-0.39, 0.29) is 11.4 Å². The van der Waals surface area contributed by atoms with Crippen molar-refractivity contribution < 1.29 is 13.2 Å². The summed E-state index contributed by atoms with van der Waals surface area (Å²) in [4.78, 5) is 8.97. The maximum Gasteiger partial charge on any atom is 0.240 e. The molecule has 0 saturated carbocycles. The molecule has 0 atom stereocenters. The number of aromatic nitrogens is 2. The fourth-order valence-electron chi connectivity index (χ4n) is 2.69. The van der Waals surface area contributed by atoms with E-state index in [0.717, 1.165) is 11.4 Å². The Bertz CT molecular complexity index is 1080. The lowest BCUT2D eigenvalue weighted by molar-refractivity contribution is 0.414. The highest BCUT2D eigenvalue weighted by Crippen LogP contribution is 2.17. The van der Waals surface area contributed by atoms with Gasteiger partial charge in [0.05, 0.1) is 12.0 Å². The Labute approximate surface area is 176 Å². The van der Waals surface area contributed by atoms with Crippen LogP contribution < -0.4 is 20.1 Å². The Hall–Kier alpha value is -3.17. The first-order valence-corrected chi connectivity index (χ1v) is 10.9. The van der Waals surface area contributed by atoms with Crippen LogP contribution in [0.15, 0.2) is 59.5 Å². The first kappa shape index (κ1) is 21.5. The Balaban J connectivity index is 1.56. The predicted molar refractivity (Wildman–Crippen MR) is 118 cm³/mol. The van der Waals surface area contributed by atoms with Crippen LogP contribution in [0, 0.1) is 13.8 Å². The quantitative estimate of drug-likeness (QED) is 0.450. The van der Waals surface area contributed by atoms with Crippen LogP contribution in [0.5, 0.6) is 5.75 Å². The second-order valence-corrected chi connectivity index (χ2v) is 8.48. The van der Waals surface area contributed by atoms with Gasteiger partial charge in [0, 0.05) is 30.5 Å². The van der Waals surface area contributed by atoms with Gasteiger partial charge >= 0.3 is 0 Å². The number of methoxy groups -OCH3 is 1. The molecule has 0 aliphatic rings. The van der Waals surface area contributed by atoms with Gasteiger partial charge in [0.2, 0.25) is 16.0 Å². The van der Waals surface area contributed by atoms with Gasteiger partial charge < -0.3 is 15.4 Å². The molecule has 3 rings (SSSR count). The van der Waals surface area contributed by atoms with Crippen molar-refractivity contribution in [2.45, 2.75) is 18.7 Å². The van der Waals surface area contributed by atoms with E-state index in [1.165, 1.54) is 24.8 Å². The van der Waals surface area contributed by atoms with Crippen molar-refractivity contribution in [3.63, 3.8) is 0 Å². The van der Waals surface area contributed by atoms with E-state index in [2.05, 4.69) is 25.3 Å². The third-order valence-electron chi connectivity index (χ3n) is 4.25. The molecule has 0 aliphatic carbocycles. The molecule has 2 aromatic carbocycles. The Morgan fingerprint density at radius 1 is 0.933 bits per heavy atom. The van der Waals surface area contributed by atoms with Gasteiger partial charge in [-0.05, 0) is 50.2 Å². The number of aryl methyl sites for hydroxylation is 2. The van der Waals surface area contributed by atoms with E-state index in [9.17, 15) is 8.42 Å². The first-order chi connectivity index (χ1) is 14.4. The van der Waals surface area contributed by atoms with Crippen LogP contribution in [-0.2, 0) is 10.0 Å². The van der Waals surface area contributed by atoms with E-state index in [1.807, 2.05) is 44.2 Å². The number of rotatable bonds is 9. The van der Waals surface area contributed by atoms with Gasteiger partial charge in [-0.2, -0.15) is 4.98 Å². The van der Waals surface area contributed by atoms with Gasteiger partial charge in [0.1, 0.15) is 11.6 Å². The molecule has 0 spiro atoms. The molecule has 3 N–H and O–H groups in total. The lowest BCUT2D eigenvalue weighted by Gasteiger charge is -2.11. The van der Waals surface area contributed by atoms with E-state index >= 15 is 0 Å². The number of hydrogen-bond acceptors (Lipinski definition) is 7. The average Bonchev–Trinajstić information content (AvgIpc) is 2.73. The molecule has 0 fully saturated rings. The predicted octanol–water partition coefficient (Wildman–Crippen LogP) is 3.24. The number of nitrogens with zero attached hydrogens (tertiary/aromatic N) is 2. The molecule has 1 heterocycles. The van der Waals surface area contributed by atoms with Gasteiger partial charge in [0.15, 0.2) is 0 Å². The van der Waals surface area contributed by atoms with E-state index < -0.39 is 10.0 Å². The van der Waals surface area contributed by atoms with E-state index in [0.29, 0.717) is 24.1 Å². The first-order valence-electron chi connectivity index (χ1n) is 9.43. The Kier molecular flexibility index (Phi) is 6.86. The number of sulfonamides is 1. The summed E-state index contributed by atoms with van der Waals surface area (Å²) in [7, 11) is -2.07. The SMILES string of the molecule is COc1ccc(S(=O)(=O)NCCNc2nc(C)cc(Nc3ccc(C)cc3)n2)cc1. The minimum absolute atomic E-state index is 0.180. The lowest BCUT2D eigenvalue weighted by Crippen LogP contribution is -2.29. The molecule has 0 aliphatic heterocycles. The second kappa shape index (κ2) is 9.55. The van der Waals surface area contributed by atoms with Gasteiger partial charge in [-0.3, -0.25) is 0 Å². The van der Waals surface area contributed by atoms with Crippen LogP contribution >= 0.6 is 0 Å². The molecule has 9 heteroatoms. The molecule has 1 aromatic heterocycles. The zero-order valence-electron chi connectivity index (χ0n) is 17.1. The second-order valence-electron chi connectivity index (χ2n) is 6.71. The van der Waals surface area contributed by atoms with Crippen molar-refractivity contribution in [2.75, 3.05) is 30.8 Å². The molecular formula is C21H25N5O3S. The van der Waals surface area contributed by atoms with Crippen LogP contribution in [-0.4, -0.2) is 38.6 Å². The van der Waals surface area contributed by atoms with Crippen LogP contribution in [0.2, 0.25) is 0 Å². The molecule has 0 bridgehead atoms. The van der Waals surface area contributed by atoms with Crippen LogP contribution in [0.4, 0.5) is 17.5 Å². The summed E-state index contributed by atoms with van der Waals surface area (Å²) in [6, 6.07) is 16.1. The number of ether oxygens (including phenoxy) is 1. The van der Waals surface area contributed by atoms with Crippen molar-refractivity contribution in [1.29, 1.82) is 0 Å². The monoisotopic (exact) mass is 427 g/mol. The number of anilines is 3. The van der Waals surface area contributed by atoms with Crippen molar-refractivity contribution in [3.05, 3.63) is 65.9 Å². The zero-order valence-corrected chi connectivity index (χ0v) is 18.0. The largest absolute Gasteiger partial charge is 0.497 e. The fraction of sp³-hybridized carbons (Fsp3) is 0.238. The highest BCUT2D eigenvalue weighted by molar-refractivity contribution is 7.89. The van der Waals surface area contributed by atoms with Crippen LogP contribution in [0.3, 0.4) is 0 Å². The highest BCUT2D eigenvalue weighted by atomic mass is 32.2. The lowest BCUT2D eigenvalue weighted by atomic mass is 10.2. The zero-order chi connectivity index (χ0) is 21.6. The summed E-state index contributed by atoms with van der Waals surface area (Å²) >= 11 is 0. The average molecular weight is 428 g/mol. The number of nitrogens with one attached hydrogen (secondary N) is 3. The van der Waals surface area contributed by atoms with Gasteiger partial charge in [-0.1, -0.05) is 17.7 Å². The van der Waals surface area contributed by atoms with Crippen molar-refractivity contribution in [2.24, 2.45) is 0 Å². The molecule has 8 nitrogen and oxygen atoms in total. The molecule has 3 aromatic rings. The van der Waals surface area contributed by atoms with Crippen LogP contribution in [0.25, 0.3) is 0 Å². The summed E-state index contributed by atoms with van der Waals surface area (Å²) < 4.78 is 32.3. The molecule has 158 valence electrons. The topological polar surface area (TPSA) is 105 Å². The fourth-order valence-corrected chi connectivity index (χ4v) is 3.73. The summed E-state index contributed by atoms with van der Waals surface area (Å²) in [5, 5.41) is 6.30. The van der Waals surface area contributed by atoms with Crippen molar-refractivity contribution in [1.82, 2.24) is 14.7 Å².